The third kappa shape index (κ3) is 5.20. The minimum atomic E-state index is 0.0316. The summed E-state index contributed by atoms with van der Waals surface area (Å²) in [4.78, 5) is 15.0. The third-order valence-corrected chi connectivity index (χ3v) is 4.62. The van der Waals surface area contributed by atoms with Crippen LogP contribution in [0.2, 0.25) is 0 Å². The van der Waals surface area contributed by atoms with Crippen molar-refractivity contribution in [1.82, 2.24) is 4.90 Å². The molecule has 0 saturated carbocycles. The molecule has 0 aliphatic carbocycles. The molecule has 0 radical (unpaired) electrons. The van der Waals surface area contributed by atoms with E-state index in [4.69, 9.17) is 4.74 Å². The van der Waals surface area contributed by atoms with Crippen molar-refractivity contribution in [3.05, 3.63) is 72.8 Å². The number of nitrogens with one attached hydrogen (secondary N) is 1. The smallest absolute Gasteiger partial charge is 0.228 e. The number of rotatable bonds is 7. The molecule has 26 heavy (non-hydrogen) atoms. The summed E-state index contributed by atoms with van der Waals surface area (Å²) in [5.74, 6) is 0.904. The fraction of sp³-hybridized carbons (Fsp3) is 0.318. The van der Waals surface area contributed by atoms with Crippen LogP contribution in [0.25, 0.3) is 0 Å². The topological polar surface area (TPSA) is 41.6 Å². The molecule has 0 spiro atoms. The van der Waals surface area contributed by atoms with Crippen LogP contribution >= 0.6 is 0 Å². The van der Waals surface area contributed by atoms with Gasteiger partial charge in [-0.05, 0) is 49.2 Å². The van der Waals surface area contributed by atoms with E-state index in [1.807, 2.05) is 30.3 Å². The Morgan fingerprint density at radius 1 is 1.19 bits per heavy atom. The molecule has 2 aromatic rings. The maximum atomic E-state index is 12.6. The van der Waals surface area contributed by atoms with Gasteiger partial charge in [-0.2, -0.15) is 0 Å². The number of amides is 1. The molecule has 4 nitrogen and oxygen atoms in total. The number of benzene rings is 2. The average molecular weight is 350 g/mol. The molecular weight excluding hydrogens is 324 g/mol. The van der Waals surface area contributed by atoms with E-state index in [2.05, 4.69) is 41.1 Å². The molecule has 0 aromatic heterocycles. The first kappa shape index (κ1) is 18.2. The lowest BCUT2D eigenvalue weighted by atomic mass is 9.96. The van der Waals surface area contributed by atoms with Crippen molar-refractivity contribution in [3.63, 3.8) is 0 Å². The molecule has 1 amide bonds. The number of hydrogen-bond acceptors (Lipinski definition) is 3. The van der Waals surface area contributed by atoms with Crippen molar-refractivity contribution < 1.29 is 9.53 Å². The molecule has 1 atom stereocenters. The Balaban J connectivity index is 1.53. The molecule has 136 valence electrons. The first-order chi connectivity index (χ1) is 12.7. The van der Waals surface area contributed by atoms with Crippen LogP contribution in [-0.2, 0) is 11.3 Å². The lowest BCUT2D eigenvalue weighted by Crippen LogP contribution is -2.40. The van der Waals surface area contributed by atoms with Gasteiger partial charge >= 0.3 is 0 Å². The van der Waals surface area contributed by atoms with Gasteiger partial charge in [-0.25, -0.2) is 0 Å². The van der Waals surface area contributed by atoms with E-state index in [0.29, 0.717) is 6.61 Å². The van der Waals surface area contributed by atoms with Gasteiger partial charge in [0, 0.05) is 18.8 Å². The number of carbonyl (C=O) groups excluding carboxylic acids is 1. The van der Waals surface area contributed by atoms with Gasteiger partial charge in [0.1, 0.15) is 12.4 Å². The van der Waals surface area contributed by atoms with Gasteiger partial charge < -0.3 is 10.1 Å². The highest BCUT2D eigenvalue weighted by Crippen LogP contribution is 2.21. The molecule has 1 heterocycles. The summed E-state index contributed by atoms with van der Waals surface area (Å²) in [5.41, 5.74) is 2.10. The van der Waals surface area contributed by atoms with Gasteiger partial charge in [-0.3, -0.25) is 9.69 Å². The first-order valence-electron chi connectivity index (χ1n) is 9.15. The van der Waals surface area contributed by atoms with Crippen LogP contribution in [0.5, 0.6) is 5.75 Å². The molecule has 1 fully saturated rings. The molecule has 0 bridgehead atoms. The van der Waals surface area contributed by atoms with Gasteiger partial charge in [0.15, 0.2) is 0 Å². The highest BCUT2D eigenvalue weighted by atomic mass is 16.5. The summed E-state index contributed by atoms with van der Waals surface area (Å²) in [6.07, 6.45) is 3.71. The predicted molar refractivity (Wildman–Crippen MR) is 105 cm³/mol. The maximum absolute atomic E-state index is 12.6. The van der Waals surface area contributed by atoms with Gasteiger partial charge in [-0.1, -0.05) is 43.0 Å². The van der Waals surface area contributed by atoms with Crippen LogP contribution in [0.15, 0.2) is 67.3 Å². The van der Waals surface area contributed by atoms with E-state index in [9.17, 15) is 4.79 Å². The summed E-state index contributed by atoms with van der Waals surface area (Å²) < 4.78 is 5.46. The highest BCUT2D eigenvalue weighted by molar-refractivity contribution is 5.92. The van der Waals surface area contributed by atoms with Gasteiger partial charge in [0.2, 0.25) is 5.91 Å². The van der Waals surface area contributed by atoms with Crippen LogP contribution in [0.1, 0.15) is 18.4 Å². The van der Waals surface area contributed by atoms with Crippen LogP contribution in [0.3, 0.4) is 0 Å². The monoisotopic (exact) mass is 350 g/mol. The summed E-state index contributed by atoms with van der Waals surface area (Å²) >= 11 is 0. The molecular formula is C22H26N2O2. The minimum absolute atomic E-state index is 0.0316. The molecule has 1 aliphatic rings. The Morgan fingerprint density at radius 2 is 1.96 bits per heavy atom. The molecule has 1 saturated heterocycles. The third-order valence-electron chi connectivity index (χ3n) is 4.62. The van der Waals surface area contributed by atoms with E-state index in [1.54, 1.807) is 6.08 Å². The fourth-order valence-electron chi connectivity index (χ4n) is 3.29. The lowest BCUT2D eigenvalue weighted by molar-refractivity contribution is -0.121. The molecule has 1 aliphatic heterocycles. The zero-order chi connectivity index (χ0) is 18.2. The SMILES string of the molecule is C=CCOc1ccc(NC(=O)C2CCCN(Cc3ccccc3)C2)cc1. The zero-order valence-corrected chi connectivity index (χ0v) is 15.1. The molecule has 1 unspecified atom stereocenters. The Hall–Kier alpha value is -2.59. The zero-order valence-electron chi connectivity index (χ0n) is 15.1. The van der Waals surface area contributed by atoms with Crippen molar-refractivity contribution in [2.45, 2.75) is 19.4 Å². The largest absolute Gasteiger partial charge is 0.490 e. The van der Waals surface area contributed by atoms with Crippen molar-refractivity contribution in [1.29, 1.82) is 0 Å². The molecule has 3 rings (SSSR count). The van der Waals surface area contributed by atoms with Crippen molar-refractivity contribution in [2.75, 3.05) is 25.0 Å². The van der Waals surface area contributed by atoms with Gasteiger partial charge in [0.05, 0.1) is 5.92 Å². The van der Waals surface area contributed by atoms with E-state index in [-0.39, 0.29) is 11.8 Å². The van der Waals surface area contributed by atoms with Crippen LogP contribution in [0.4, 0.5) is 5.69 Å². The molecule has 4 heteroatoms. The number of carbonyl (C=O) groups is 1. The van der Waals surface area contributed by atoms with Crippen molar-refractivity contribution in [3.8, 4) is 5.75 Å². The number of hydrogen-bond donors (Lipinski definition) is 1. The molecule has 1 N–H and O–H groups in total. The molecule has 2 aromatic carbocycles. The number of piperidine rings is 1. The average Bonchev–Trinajstić information content (AvgIpc) is 2.68. The summed E-state index contributed by atoms with van der Waals surface area (Å²) in [6, 6.07) is 17.9. The van der Waals surface area contributed by atoms with Crippen molar-refractivity contribution in [2.24, 2.45) is 5.92 Å². The van der Waals surface area contributed by atoms with E-state index in [1.165, 1.54) is 5.56 Å². The number of anilines is 1. The van der Waals surface area contributed by atoms with E-state index < -0.39 is 0 Å². The fourth-order valence-corrected chi connectivity index (χ4v) is 3.29. The second-order valence-electron chi connectivity index (χ2n) is 6.67. The summed E-state index contributed by atoms with van der Waals surface area (Å²) in [7, 11) is 0. The van der Waals surface area contributed by atoms with Crippen molar-refractivity contribution >= 4 is 11.6 Å². The lowest BCUT2D eigenvalue weighted by Gasteiger charge is -2.32. The first-order valence-corrected chi connectivity index (χ1v) is 9.15. The normalized spacial score (nSPS) is 17.5. The predicted octanol–water partition coefficient (Wildman–Crippen LogP) is 4.10. The highest BCUT2D eigenvalue weighted by Gasteiger charge is 2.25. The van der Waals surface area contributed by atoms with E-state index in [0.717, 1.165) is 43.9 Å². The van der Waals surface area contributed by atoms with Gasteiger partial charge in [-0.15, -0.1) is 0 Å². The van der Waals surface area contributed by atoms with Crippen LogP contribution < -0.4 is 10.1 Å². The van der Waals surface area contributed by atoms with E-state index >= 15 is 0 Å². The summed E-state index contributed by atoms with van der Waals surface area (Å²) in [5, 5.41) is 3.04. The second-order valence-corrected chi connectivity index (χ2v) is 6.67. The van der Waals surface area contributed by atoms with Gasteiger partial charge in [0.25, 0.3) is 0 Å². The Bertz CT molecular complexity index is 713. The Morgan fingerprint density at radius 3 is 2.69 bits per heavy atom. The number of ether oxygens (including phenoxy) is 1. The quantitative estimate of drug-likeness (QED) is 0.764. The minimum Gasteiger partial charge on any atom is -0.490 e. The Kier molecular flexibility index (Phi) is 6.45. The number of nitrogens with zero attached hydrogens (tertiary/aromatic N) is 1. The van der Waals surface area contributed by atoms with Crippen LogP contribution in [-0.4, -0.2) is 30.5 Å². The maximum Gasteiger partial charge on any atom is 0.228 e. The standard InChI is InChI=1S/C22H26N2O2/c1-2-15-26-21-12-10-20(11-13-21)23-22(25)19-9-6-14-24(17-19)16-18-7-4-3-5-8-18/h2-5,7-8,10-13,19H,1,6,9,14-17H2,(H,23,25). The number of likely N-dealkylation sites (tertiary alicyclic amines) is 1. The second kappa shape index (κ2) is 9.20. The van der Waals surface area contributed by atoms with Crippen LogP contribution in [0, 0.1) is 5.92 Å². The Labute approximate surface area is 155 Å². The summed E-state index contributed by atoms with van der Waals surface area (Å²) in [6.45, 7) is 6.87.